The number of rotatable bonds is 6. The SMILES string of the molecule is NC[C@H]1O[C@@H](OCc2cn([C@H]3C[C@H](O)[C@@H](CO)O3)c(=O)[nH]c2=O)[C@H](N)[C@@H](O)[C@@H]1O. The molecular formula is C16H26N4O9. The van der Waals surface area contributed by atoms with Crippen molar-refractivity contribution < 1.29 is 34.6 Å². The van der Waals surface area contributed by atoms with Gasteiger partial charge < -0.3 is 46.1 Å². The first kappa shape index (κ1) is 22.0. The van der Waals surface area contributed by atoms with Crippen molar-refractivity contribution in [3.8, 4) is 0 Å². The summed E-state index contributed by atoms with van der Waals surface area (Å²) in [5.74, 6) is 0. The number of hydrogen-bond donors (Lipinski definition) is 7. The summed E-state index contributed by atoms with van der Waals surface area (Å²) < 4.78 is 17.5. The van der Waals surface area contributed by atoms with E-state index in [-0.39, 0.29) is 25.1 Å². The third kappa shape index (κ3) is 4.42. The fourth-order valence-electron chi connectivity index (χ4n) is 3.36. The smallest absolute Gasteiger partial charge is 0.330 e. The molecule has 8 atom stereocenters. The van der Waals surface area contributed by atoms with E-state index in [2.05, 4.69) is 4.98 Å². The number of aromatic amines is 1. The molecule has 13 heteroatoms. The van der Waals surface area contributed by atoms with Crippen molar-refractivity contribution in [1.82, 2.24) is 9.55 Å². The van der Waals surface area contributed by atoms with Gasteiger partial charge >= 0.3 is 5.69 Å². The molecule has 2 aliphatic heterocycles. The molecule has 0 spiro atoms. The fraction of sp³-hybridized carbons (Fsp3) is 0.750. The van der Waals surface area contributed by atoms with Crippen molar-refractivity contribution in [2.75, 3.05) is 13.2 Å². The second-order valence-corrected chi connectivity index (χ2v) is 7.08. The molecular weight excluding hydrogens is 392 g/mol. The standard InChI is InChI=1S/C16H26N4O9/c17-2-8-12(23)13(24)11(18)15(29-8)27-5-6-3-20(16(26)19-14(6)25)10-1-7(22)9(4-21)28-10/h3,7-13,15,21-24H,1-2,4-5,17-18H2,(H,19,25,26)/t7-,8+,9+,10+,11+,12+,13+,15+/m0/s1. The monoisotopic (exact) mass is 418 g/mol. The van der Waals surface area contributed by atoms with Crippen LogP contribution in [-0.4, -0.2) is 86.0 Å². The van der Waals surface area contributed by atoms with Gasteiger partial charge in [0.2, 0.25) is 0 Å². The van der Waals surface area contributed by atoms with E-state index < -0.39 is 66.9 Å². The Labute approximate surface area is 164 Å². The van der Waals surface area contributed by atoms with Gasteiger partial charge in [0.25, 0.3) is 5.56 Å². The normalized spacial score (nSPS) is 37.7. The maximum atomic E-state index is 12.1. The van der Waals surface area contributed by atoms with E-state index >= 15 is 0 Å². The Kier molecular flexibility index (Phi) is 6.83. The molecule has 0 aliphatic carbocycles. The lowest BCUT2D eigenvalue weighted by atomic mass is 9.97. The van der Waals surface area contributed by atoms with Crippen LogP contribution in [0.5, 0.6) is 0 Å². The first-order valence-corrected chi connectivity index (χ1v) is 9.14. The van der Waals surface area contributed by atoms with Crippen LogP contribution in [0.15, 0.2) is 15.8 Å². The van der Waals surface area contributed by atoms with Crippen molar-refractivity contribution >= 4 is 0 Å². The van der Waals surface area contributed by atoms with Gasteiger partial charge in [-0.25, -0.2) is 4.79 Å². The molecule has 3 rings (SSSR count). The van der Waals surface area contributed by atoms with Gasteiger partial charge in [-0.2, -0.15) is 0 Å². The number of hydrogen-bond acceptors (Lipinski definition) is 11. The Bertz CT molecular complexity index is 812. The molecule has 2 aliphatic rings. The number of nitrogens with one attached hydrogen (secondary N) is 1. The fourth-order valence-corrected chi connectivity index (χ4v) is 3.36. The average Bonchev–Trinajstić information content (AvgIpc) is 3.07. The second kappa shape index (κ2) is 8.99. The minimum Gasteiger partial charge on any atom is -0.394 e. The highest BCUT2D eigenvalue weighted by atomic mass is 16.7. The average molecular weight is 418 g/mol. The van der Waals surface area contributed by atoms with E-state index in [0.717, 1.165) is 4.57 Å². The molecule has 29 heavy (non-hydrogen) atoms. The van der Waals surface area contributed by atoms with E-state index in [4.69, 9.17) is 25.7 Å². The molecule has 2 fully saturated rings. The lowest BCUT2D eigenvalue weighted by molar-refractivity contribution is -0.260. The zero-order valence-electron chi connectivity index (χ0n) is 15.5. The zero-order chi connectivity index (χ0) is 21.3. The van der Waals surface area contributed by atoms with Crippen LogP contribution in [0.1, 0.15) is 18.2 Å². The van der Waals surface area contributed by atoms with Crippen molar-refractivity contribution in [1.29, 1.82) is 0 Å². The highest BCUT2D eigenvalue weighted by molar-refractivity contribution is 5.04. The third-order valence-corrected chi connectivity index (χ3v) is 5.12. The summed E-state index contributed by atoms with van der Waals surface area (Å²) in [7, 11) is 0. The molecule has 13 nitrogen and oxygen atoms in total. The Balaban J connectivity index is 1.75. The number of ether oxygens (including phenoxy) is 3. The zero-order valence-corrected chi connectivity index (χ0v) is 15.5. The van der Waals surface area contributed by atoms with Gasteiger partial charge in [-0.15, -0.1) is 0 Å². The van der Waals surface area contributed by atoms with E-state index in [9.17, 15) is 30.0 Å². The molecule has 164 valence electrons. The number of nitrogens with zero attached hydrogens (tertiary/aromatic N) is 1. The highest BCUT2D eigenvalue weighted by Crippen LogP contribution is 2.27. The maximum Gasteiger partial charge on any atom is 0.330 e. The quantitative estimate of drug-likeness (QED) is 0.233. The second-order valence-electron chi connectivity index (χ2n) is 7.08. The van der Waals surface area contributed by atoms with Crippen LogP contribution in [0.3, 0.4) is 0 Å². The molecule has 0 saturated carbocycles. The summed E-state index contributed by atoms with van der Waals surface area (Å²) in [6.45, 7) is -0.824. The summed E-state index contributed by atoms with van der Waals surface area (Å²) in [4.78, 5) is 26.4. The summed E-state index contributed by atoms with van der Waals surface area (Å²) in [6.07, 6.45) is -6.06. The third-order valence-electron chi connectivity index (χ3n) is 5.12. The molecule has 0 radical (unpaired) electrons. The predicted octanol–water partition coefficient (Wildman–Crippen LogP) is -4.57. The molecule has 1 aromatic rings. The summed E-state index contributed by atoms with van der Waals surface area (Å²) in [5, 5.41) is 38.9. The van der Waals surface area contributed by atoms with E-state index in [1.807, 2.05) is 0 Å². The number of aromatic nitrogens is 2. The van der Waals surface area contributed by atoms with Crippen LogP contribution in [0.4, 0.5) is 0 Å². The van der Waals surface area contributed by atoms with Gasteiger partial charge in [-0.3, -0.25) is 14.3 Å². The van der Waals surface area contributed by atoms with Crippen LogP contribution in [0, 0.1) is 0 Å². The Hall–Kier alpha value is -1.68. The van der Waals surface area contributed by atoms with Gasteiger partial charge in [0.15, 0.2) is 6.29 Å². The van der Waals surface area contributed by atoms with Gasteiger partial charge in [0.05, 0.1) is 30.9 Å². The van der Waals surface area contributed by atoms with Crippen molar-refractivity contribution in [2.45, 2.75) is 62.1 Å². The van der Waals surface area contributed by atoms with Crippen LogP contribution in [0.25, 0.3) is 0 Å². The van der Waals surface area contributed by atoms with Crippen LogP contribution < -0.4 is 22.7 Å². The van der Waals surface area contributed by atoms with Gasteiger partial charge in [-0.05, 0) is 0 Å². The summed E-state index contributed by atoms with van der Waals surface area (Å²) >= 11 is 0. The number of aliphatic hydroxyl groups excluding tert-OH is 4. The van der Waals surface area contributed by atoms with Crippen LogP contribution in [-0.2, 0) is 20.8 Å². The van der Waals surface area contributed by atoms with Gasteiger partial charge in [-0.1, -0.05) is 0 Å². The largest absolute Gasteiger partial charge is 0.394 e. The van der Waals surface area contributed by atoms with Crippen molar-refractivity contribution in [3.05, 3.63) is 32.6 Å². The molecule has 0 unspecified atom stereocenters. The van der Waals surface area contributed by atoms with Gasteiger partial charge in [0, 0.05) is 19.2 Å². The molecule has 0 aromatic carbocycles. The lowest BCUT2D eigenvalue weighted by Crippen LogP contribution is -2.63. The maximum absolute atomic E-state index is 12.1. The summed E-state index contributed by atoms with van der Waals surface area (Å²) in [6, 6.07) is -1.09. The number of H-pyrrole nitrogens is 1. The number of aliphatic hydroxyl groups is 4. The highest BCUT2D eigenvalue weighted by Gasteiger charge is 2.42. The predicted molar refractivity (Wildman–Crippen MR) is 95.4 cm³/mol. The van der Waals surface area contributed by atoms with E-state index in [0.29, 0.717) is 0 Å². The van der Waals surface area contributed by atoms with Crippen LogP contribution in [0.2, 0.25) is 0 Å². The Morgan fingerprint density at radius 3 is 2.55 bits per heavy atom. The molecule has 9 N–H and O–H groups in total. The van der Waals surface area contributed by atoms with Crippen molar-refractivity contribution in [2.24, 2.45) is 11.5 Å². The molecule has 3 heterocycles. The first-order valence-electron chi connectivity index (χ1n) is 9.14. The first-order chi connectivity index (χ1) is 13.8. The minimum atomic E-state index is -1.33. The molecule has 0 bridgehead atoms. The van der Waals surface area contributed by atoms with Crippen LogP contribution >= 0.6 is 0 Å². The Morgan fingerprint density at radius 2 is 1.93 bits per heavy atom. The minimum absolute atomic E-state index is 0.0378. The number of nitrogens with two attached hydrogens (primary N) is 2. The van der Waals surface area contributed by atoms with Crippen molar-refractivity contribution in [3.63, 3.8) is 0 Å². The topological polar surface area (TPSA) is 216 Å². The molecule has 0 amide bonds. The van der Waals surface area contributed by atoms with E-state index in [1.165, 1.54) is 6.20 Å². The lowest BCUT2D eigenvalue weighted by Gasteiger charge is -2.40. The van der Waals surface area contributed by atoms with Gasteiger partial charge in [0.1, 0.15) is 30.6 Å². The molecule has 1 aromatic heterocycles. The molecule has 2 saturated heterocycles. The van der Waals surface area contributed by atoms with E-state index in [1.54, 1.807) is 0 Å². The Morgan fingerprint density at radius 1 is 1.21 bits per heavy atom. The summed E-state index contributed by atoms with van der Waals surface area (Å²) in [5.41, 5.74) is 9.90.